The molecule has 0 radical (unpaired) electrons. The van der Waals surface area contributed by atoms with Crippen molar-refractivity contribution in [1.29, 1.82) is 0 Å². The molecule has 0 unspecified atom stereocenters. The molecule has 0 aliphatic rings. The van der Waals surface area contributed by atoms with Gasteiger partial charge in [-0.15, -0.1) is 0 Å². The Morgan fingerprint density at radius 2 is 2.14 bits per heavy atom. The molecular formula is C9H15N3O2. The second-order valence-electron chi connectivity index (χ2n) is 4.08. The van der Waals surface area contributed by atoms with E-state index < -0.39 is 11.7 Å². The van der Waals surface area contributed by atoms with Crippen molar-refractivity contribution >= 4 is 11.8 Å². The van der Waals surface area contributed by atoms with E-state index in [1.807, 2.05) is 0 Å². The predicted octanol–water partition coefficient (Wildman–Crippen LogP) is 1.56. The molecule has 5 nitrogen and oxygen atoms in total. The number of ether oxygens (including phenoxy) is 1. The lowest BCUT2D eigenvalue weighted by Crippen LogP contribution is -2.28. The molecule has 78 valence electrons. The molecule has 0 saturated carbocycles. The summed E-state index contributed by atoms with van der Waals surface area (Å²) in [6, 6.07) is 0. The van der Waals surface area contributed by atoms with Crippen molar-refractivity contribution in [3.05, 3.63) is 11.9 Å². The topological polar surface area (TPSA) is 70.1 Å². The van der Waals surface area contributed by atoms with Crippen LogP contribution in [0.2, 0.25) is 0 Å². The zero-order chi connectivity index (χ0) is 10.9. The molecule has 1 aromatic heterocycles. The van der Waals surface area contributed by atoms with E-state index in [0.717, 1.165) is 4.68 Å². The first-order valence-corrected chi connectivity index (χ1v) is 4.35. The number of aromatic nitrogens is 2. The first kappa shape index (κ1) is 10.6. The highest BCUT2D eigenvalue weighted by Gasteiger charge is 2.20. The van der Waals surface area contributed by atoms with Crippen molar-refractivity contribution in [2.75, 3.05) is 5.73 Å². The number of nitrogen functional groups attached to an aromatic ring is 1. The van der Waals surface area contributed by atoms with Gasteiger partial charge in [-0.3, -0.25) is 0 Å². The zero-order valence-corrected chi connectivity index (χ0v) is 8.87. The number of nitrogens with two attached hydrogens (primary N) is 1. The Balaban J connectivity index is 2.86. The Bertz CT molecular complexity index is 349. The lowest BCUT2D eigenvalue weighted by Gasteiger charge is -2.19. The maximum absolute atomic E-state index is 11.5. The van der Waals surface area contributed by atoms with Crippen LogP contribution in [0.5, 0.6) is 0 Å². The number of nitrogens with zero attached hydrogens (tertiary/aromatic N) is 2. The minimum Gasteiger partial charge on any atom is -0.442 e. The van der Waals surface area contributed by atoms with Crippen LogP contribution in [0.1, 0.15) is 26.5 Å². The zero-order valence-electron chi connectivity index (χ0n) is 8.87. The molecule has 1 heterocycles. The smallest absolute Gasteiger partial charge is 0.435 e. The summed E-state index contributed by atoms with van der Waals surface area (Å²) in [5, 5.41) is 3.82. The SMILES string of the molecule is Cc1c(N)cnn1C(=O)OC(C)(C)C. The number of carbonyl (C=O) groups excluding carboxylic acids is 1. The summed E-state index contributed by atoms with van der Waals surface area (Å²) in [7, 11) is 0. The fourth-order valence-electron chi connectivity index (χ4n) is 0.911. The van der Waals surface area contributed by atoms with Crippen LogP contribution in [-0.4, -0.2) is 21.5 Å². The number of anilines is 1. The molecule has 0 spiro atoms. The van der Waals surface area contributed by atoms with Crippen molar-refractivity contribution in [2.45, 2.75) is 33.3 Å². The van der Waals surface area contributed by atoms with E-state index in [1.165, 1.54) is 6.20 Å². The van der Waals surface area contributed by atoms with E-state index in [0.29, 0.717) is 11.4 Å². The third-order valence-electron chi connectivity index (χ3n) is 1.61. The molecule has 5 heteroatoms. The van der Waals surface area contributed by atoms with Crippen LogP contribution >= 0.6 is 0 Å². The third-order valence-corrected chi connectivity index (χ3v) is 1.61. The Hall–Kier alpha value is -1.52. The quantitative estimate of drug-likeness (QED) is 0.685. The van der Waals surface area contributed by atoms with Crippen LogP contribution < -0.4 is 5.73 Å². The fourth-order valence-corrected chi connectivity index (χ4v) is 0.911. The van der Waals surface area contributed by atoms with E-state index in [1.54, 1.807) is 27.7 Å². The first-order chi connectivity index (χ1) is 6.31. The largest absolute Gasteiger partial charge is 0.442 e. The summed E-state index contributed by atoms with van der Waals surface area (Å²) in [6.45, 7) is 7.11. The molecule has 2 N–H and O–H groups in total. The molecule has 0 bridgehead atoms. The van der Waals surface area contributed by atoms with E-state index in [-0.39, 0.29) is 0 Å². The summed E-state index contributed by atoms with van der Waals surface area (Å²) >= 11 is 0. The van der Waals surface area contributed by atoms with E-state index >= 15 is 0 Å². The van der Waals surface area contributed by atoms with E-state index in [4.69, 9.17) is 10.5 Å². The van der Waals surface area contributed by atoms with Crippen molar-refractivity contribution in [3.63, 3.8) is 0 Å². The maximum atomic E-state index is 11.5. The molecule has 0 atom stereocenters. The molecule has 1 rings (SSSR count). The minimum absolute atomic E-state index is 0.482. The molecule has 0 amide bonds. The normalized spacial score (nSPS) is 11.4. The number of hydrogen-bond acceptors (Lipinski definition) is 4. The summed E-state index contributed by atoms with van der Waals surface area (Å²) in [4.78, 5) is 11.5. The molecular weight excluding hydrogens is 182 g/mol. The van der Waals surface area contributed by atoms with Gasteiger partial charge in [0.15, 0.2) is 0 Å². The molecule has 0 aliphatic heterocycles. The Labute approximate surface area is 82.8 Å². The molecule has 0 aromatic carbocycles. The van der Waals surface area contributed by atoms with Crippen LogP contribution in [-0.2, 0) is 4.74 Å². The highest BCUT2D eigenvalue weighted by atomic mass is 16.6. The molecule has 0 aliphatic carbocycles. The lowest BCUT2D eigenvalue weighted by molar-refractivity contribution is 0.0511. The molecule has 0 saturated heterocycles. The average Bonchev–Trinajstić information content (AvgIpc) is 2.29. The van der Waals surface area contributed by atoms with Gasteiger partial charge in [0.1, 0.15) is 5.60 Å². The summed E-state index contributed by atoms with van der Waals surface area (Å²) in [5.41, 5.74) is 6.11. The van der Waals surface area contributed by atoms with Crippen LogP contribution in [0.3, 0.4) is 0 Å². The van der Waals surface area contributed by atoms with Crippen LogP contribution in [0.4, 0.5) is 10.5 Å². The fraction of sp³-hybridized carbons (Fsp3) is 0.556. The summed E-state index contributed by atoms with van der Waals surface area (Å²) < 4.78 is 6.28. The molecule has 1 aromatic rings. The first-order valence-electron chi connectivity index (χ1n) is 4.35. The number of hydrogen-bond donors (Lipinski definition) is 1. The standard InChI is InChI=1S/C9H15N3O2/c1-6-7(10)5-11-12(6)8(13)14-9(2,3)4/h5H,10H2,1-4H3. The molecule has 14 heavy (non-hydrogen) atoms. The Morgan fingerprint density at radius 1 is 1.57 bits per heavy atom. The van der Waals surface area contributed by atoms with Gasteiger partial charge < -0.3 is 10.5 Å². The number of carbonyl (C=O) groups is 1. The van der Waals surface area contributed by atoms with Crippen LogP contribution in [0, 0.1) is 6.92 Å². The summed E-state index contributed by atoms with van der Waals surface area (Å²) in [6.07, 6.45) is 0.922. The van der Waals surface area contributed by atoms with Gasteiger partial charge in [0.05, 0.1) is 17.6 Å². The van der Waals surface area contributed by atoms with Gasteiger partial charge in [0, 0.05) is 0 Å². The minimum atomic E-state index is -0.524. The van der Waals surface area contributed by atoms with E-state index in [9.17, 15) is 4.79 Å². The van der Waals surface area contributed by atoms with Gasteiger partial charge in [-0.25, -0.2) is 4.79 Å². The monoisotopic (exact) mass is 197 g/mol. The maximum Gasteiger partial charge on any atom is 0.435 e. The van der Waals surface area contributed by atoms with Gasteiger partial charge in [0.2, 0.25) is 0 Å². The van der Waals surface area contributed by atoms with Crippen molar-refractivity contribution in [1.82, 2.24) is 9.78 Å². The third kappa shape index (κ3) is 2.25. The molecule has 0 fully saturated rings. The Morgan fingerprint density at radius 3 is 2.50 bits per heavy atom. The average molecular weight is 197 g/mol. The van der Waals surface area contributed by atoms with Crippen molar-refractivity contribution in [3.8, 4) is 0 Å². The highest BCUT2D eigenvalue weighted by Crippen LogP contribution is 2.12. The predicted molar refractivity (Wildman–Crippen MR) is 53.0 cm³/mol. The van der Waals surface area contributed by atoms with Crippen molar-refractivity contribution in [2.24, 2.45) is 0 Å². The summed E-state index contributed by atoms with van der Waals surface area (Å²) in [5.74, 6) is 0. The van der Waals surface area contributed by atoms with E-state index in [2.05, 4.69) is 5.10 Å². The van der Waals surface area contributed by atoms with Gasteiger partial charge in [-0.1, -0.05) is 0 Å². The Kier molecular flexibility index (Phi) is 2.51. The highest BCUT2D eigenvalue weighted by molar-refractivity contribution is 5.72. The van der Waals surface area contributed by atoms with Gasteiger partial charge in [0.25, 0.3) is 0 Å². The van der Waals surface area contributed by atoms with Crippen LogP contribution in [0.25, 0.3) is 0 Å². The van der Waals surface area contributed by atoms with Gasteiger partial charge in [-0.05, 0) is 27.7 Å². The van der Waals surface area contributed by atoms with Gasteiger partial charge in [-0.2, -0.15) is 9.78 Å². The van der Waals surface area contributed by atoms with Crippen LogP contribution in [0.15, 0.2) is 6.20 Å². The second-order valence-corrected chi connectivity index (χ2v) is 4.08. The number of rotatable bonds is 0. The van der Waals surface area contributed by atoms with Crippen molar-refractivity contribution < 1.29 is 9.53 Å². The second kappa shape index (κ2) is 3.32. The lowest BCUT2D eigenvalue weighted by atomic mass is 10.2. The van der Waals surface area contributed by atoms with Gasteiger partial charge >= 0.3 is 6.09 Å².